The predicted molar refractivity (Wildman–Crippen MR) is 53.8 cm³/mol. The summed E-state index contributed by atoms with van der Waals surface area (Å²) in [4.78, 5) is 11.1. The average molecular weight is 270 g/mol. The van der Waals surface area contributed by atoms with Crippen molar-refractivity contribution >= 4 is 34.8 Å². The topological polar surface area (TPSA) is 29.1 Å². The third-order valence-corrected chi connectivity index (χ3v) is 3.05. The number of carbonyl (C=O) groups is 1. The molecule has 16 heavy (non-hydrogen) atoms. The Morgan fingerprint density at radius 1 is 1.31 bits per heavy atom. The summed E-state index contributed by atoms with van der Waals surface area (Å²) in [5, 5.41) is 1.92. The second-order valence-corrected chi connectivity index (χ2v) is 4.08. The van der Waals surface area contributed by atoms with Crippen LogP contribution in [-0.2, 0) is 17.4 Å². The molecule has 1 aromatic carbocycles. The Hall–Kier alpha value is -0.940. The fourth-order valence-corrected chi connectivity index (χ4v) is 1.99. The Kier molecular flexibility index (Phi) is 2.55. The van der Waals surface area contributed by atoms with E-state index < -0.39 is 17.6 Å². The molecule has 1 aliphatic rings. The number of fused-ring (bicyclic) bond motifs is 1. The first-order chi connectivity index (χ1) is 7.30. The van der Waals surface area contributed by atoms with Crippen molar-refractivity contribution in [2.45, 2.75) is 12.6 Å². The quantitative estimate of drug-likeness (QED) is 0.767. The molecule has 0 bridgehead atoms. The number of anilines is 1. The molecule has 2 rings (SSSR count). The summed E-state index contributed by atoms with van der Waals surface area (Å²) in [7, 11) is 0. The fraction of sp³-hybridized carbons (Fsp3) is 0.222. The molecule has 1 aliphatic heterocycles. The van der Waals surface area contributed by atoms with Gasteiger partial charge in [-0.1, -0.05) is 23.2 Å². The van der Waals surface area contributed by atoms with Gasteiger partial charge in [0.1, 0.15) is 0 Å². The van der Waals surface area contributed by atoms with Gasteiger partial charge >= 0.3 is 6.18 Å². The standard InChI is InChI=1S/C9H4Cl2F3NO/c10-5-2-4(9(12,13)14)8-3(7(5)11)1-6(16)15-8/h2H,1H2,(H,15,16). The lowest BCUT2D eigenvalue weighted by atomic mass is 10.1. The largest absolute Gasteiger partial charge is 0.418 e. The van der Waals surface area contributed by atoms with Gasteiger partial charge < -0.3 is 5.32 Å². The molecule has 0 saturated heterocycles. The predicted octanol–water partition coefficient (Wildman–Crippen LogP) is 3.51. The molecule has 0 aliphatic carbocycles. The second-order valence-electron chi connectivity index (χ2n) is 3.30. The lowest BCUT2D eigenvalue weighted by Crippen LogP contribution is -2.10. The zero-order valence-electron chi connectivity index (χ0n) is 7.58. The van der Waals surface area contributed by atoms with Crippen molar-refractivity contribution < 1.29 is 18.0 Å². The third-order valence-electron chi connectivity index (χ3n) is 2.22. The molecule has 7 heteroatoms. The third kappa shape index (κ3) is 1.74. The first-order valence-corrected chi connectivity index (χ1v) is 4.94. The van der Waals surface area contributed by atoms with Crippen LogP contribution in [0.15, 0.2) is 6.07 Å². The summed E-state index contributed by atoms with van der Waals surface area (Å²) in [5.41, 5.74) is -1.15. The van der Waals surface area contributed by atoms with Crippen LogP contribution in [0.2, 0.25) is 10.0 Å². The lowest BCUT2D eigenvalue weighted by molar-refractivity contribution is -0.136. The Bertz CT molecular complexity index is 485. The highest BCUT2D eigenvalue weighted by Gasteiger charge is 2.38. The molecule has 86 valence electrons. The van der Waals surface area contributed by atoms with Crippen molar-refractivity contribution in [3.8, 4) is 0 Å². The van der Waals surface area contributed by atoms with E-state index in [1.54, 1.807) is 0 Å². The minimum absolute atomic E-state index is 0.0111. The molecule has 0 saturated carbocycles. The number of amides is 1. The Labute approximate surface area is 98.3 Å². The zero-order valence-corrected chi connectivity index (χ0v) is 9.09. The molecule has 2 nitrogen and oxygen atoms in total. The Balaban J connectivity index is 2.71. The van der Waals surface area contributed by atoms with Gasteiger partial charge in [-0.15, -0.1) is 0 Å². The first kappa shape index (κ1) is 11.5. The van der Waals surface area contributed by atoms with Gasteiger partial charge in [-0.25, -0.2) is 0 Å². The highest BCUT2D eigenvalue weighted by atomic mass is 35.5. The molecule has 1 amide bonds. The SMILES string of the molecule is O=C1Cc2c(Cl)c(Cl)cc(C(F)(F)F)c2N1. The first-order valence-electron chi connectivity index (χ1n) is 4.18. The molecule has 0 unspecified atom stereocenters. The smallest absolute Gasteiger partial charge is 0.325 e. The van der Waals surface area contributed by atoms with Crippen molar-refractivity contribution in [3.63, 3.8) is 0 Å². The minimum atomic E-state index is -4.57. The summed E-state index contributed by atoms with van der Waals surface area (Å²) in [6.45, 7) is 0. The summed E-state index contributed by atoms with van der Waals surface area (Å²) in [6.07, 6.45) is -4.76. The molecule has 0 radical (unpaired) electrons. The Morgan fingerprint density at radius 2 is 1.94 bits per heavy atom. The molecule has 1 heterocycles. The van der Waals surface area contributed by atoms with Crippen LogP contribution in [0.1, 0.15) is 11.1 Å². The number of carbonyl (C=O) groups excluding carboxylic acids is 1. The van der Waals surface area contributed by atoms with Crippen molar-refractivity contribution in [1.82, 2.24) is 0 Å². The maximum Gasteiger partial charge on any atom is 0.418 e. The average Bonchev–Trinajstić information content (AvgIpc) is 2.51. The maximum atomic E-state index is 12.6. The zero-order chi connectivity index (χ0) is 12.1. The number of alkyl halides is 3. The fourth-order valence-electron chi connectivity index (χ4n) is 1.56. The number of nitrogens with one attached hydrogen (secondary N) is 1. The van der Waals surface area contributed by atoms with Crippen LogP contribution in [0.3, 0.4) is 0 Å². The lowest BCUT2D eigenvalue weighted by Gasteiger charge is -2.13. The van der Waals surface area contributed by atoms with Crippen molar-refractivity contribution in [1.29, 1.82) is 0 Å². The maximum absolute atomic E-state index is 12.6. The van der Waals surface area contributed by atoms with E-state index in [9.17, 15) is 18.0 Å². The molecule has 0 fully saturated rings. The van der Waals surface area contributed by atoms with Gasteiger partial charge in [-0.05, 0) is 6.07 Å². The monoisotopic (exact) mass is 269 g/mol. The van der Waals surface area contributed by atoms with Crippen LogP contribution in [0.25, 0.3) is 0 Å². The Morgan fingerprint density at radius 3 is 2.50 bits per heavy atom. The summed E-state index contributed by atoms with van der Waals surface area (Å²) in [6, 6.07) is 0.717. The summed E-state index contributed by atoms with van der Waals surface area (Å²) < 4.78 is 37.9. The van der Waals surface area contributed by atoms with E-state index in [1.165, 1.54) is 0 Å². The number of hydrogen-bond donors (Lipinski definition) is 1. The van der Waals surface area contributed by atoms with Gasteiger partial charge in [0, 0.05) is 5.56 Å². The molecule has 0 spiro atoms. The van der Waals surface area contributed by atoms with Gasteiger partial charge in [0.25, 0.3) is 0 Å². The van der Waals surface area contributed by atoms with Crippen molar-refractivity contribution in [3.05, 3.63) is 27.2 Å². The minimum Gasteiger partial charge on any atom is -0.325 e. The van der Waals surface area contributed by atoms with E-state index in [-0.39, 0.29) is 27.7 Å². The van der Waals surface area contributed by atoms with Crippen LogP contribution in [-0.4, -0.2) is 5.91 Å². The molecule has 0 atom stereocenters. The van der Waals surface area contributed by atoms with Crippen molar-refractivity contribution in [2.75, 3.05) is 5.32 Å². The van der Waals surface area contributed by atoms with E-state index in [0.717, 1.165) is 0 Å². The molecule has 1 N–H and O–H groups in total. The molecular formula is C9H4Cl2F3NO. The number of benzene rings is 1. The van der Waals surface area contributed by atoms with Gasteiger partial charge in [0.05, 0.1) is 27.7 Å². The molecule has 0 aromatic heterocycles. The number of halogens is 5. The van der Waals surface area contributed by atoms with E-state index in [2.05, 4.69) is 5.32 Å². The number of hydrogen-bond acceptors (Lipinski definition) is 1. The van der Waals surface area contributed by atoms with Crippen molar-refractivity contribution in [2.24, 2.45) is 0 Å². The molecular weight excluding hydrogens is 266 g/mol. The summed E-state index contributed by atoms with van der Waals surface area (Å²) in [5.74, 6) is -0.523. The van der Waals surface area contributed by atoms with Crippen LogP contribution >= 0.6 is 23.2 Å². The van der Waals surface area contributed by atoms with E-state index in [4.69, 9.17) is 23.2 Å². The highest BCUT2D eigenvalue weighted by molar-refractivity contribution is 6.43. The normalized spacial score (nSPS) is 14.9. The second kappa shape index (κ2) is 3.53. The van der Waals surface area contributed by atoms with E-state index in [1.807, 2.05) is 0 Å². The van der Waals surface area contributed by atoms with Gasteiger partial charge in [0.15, 0.2) is 0 Å². The van der Waals surface area contributed by atoms with Gasteiger partial charge in [0.2, 0.25) is 5.91 Å². The number of rotatable bonds is 0. The summed E-state index contributed by atoms with van der Waals surface area (Å²) >= 11 is 11.3. The van der Waals surface area contributed by atoms with Gasteiger partial charge in [-0.3, -0.25) is 4.79 Å². The van der Waals surface area contributed by atoms with Crippen LogP contribution in [0, 0.1) is 0 Å². The van der Waals surface area contributed by atoms with Crippen LogP contribution in [0.4, 0.5) is 18.9 Å². The van der Waals surface area contributed by atoms with E-state index >= 15 is 0 Å². The van der Waals surface area contributed by atoms with E-state index in [0.29, 0.717) is 6.07 Å². The van der Waals surface area contributed by atoms with Crippen LogP contribution in [0.5, 0.6) is 0 Å². The van der Waals surface area contributed by atoms with Gasteiger partial charge in [-0.2, -0.15) is 13.2 Å². The van der Waals surface area contributed by atoms with Crippen LogP contribution < -0.4 is 5.32 Å². The highest BCUT2D eigenvalue weighted by Crippen LogP contribution is 2.44. The molecule has 1 aromatic rings.